The number of nitrogens with one attached hydrogen (secondary N) is 1. The van der Waals surface area contributed by atoms with Crippen molar-refractivity contribution in [2.75, 3.05) is 5.32 Å². The van der Waals surface area contributed by atoms with Gasteiger partial charge in [-0.25, -0.2) is 13.6 Å². The number of nitrogens with two attached hydrogens (primary N) is 1. The van der Waals surface area contributed by atoms with E-state index < -0.39 is 10.0 Å². The molecule has 19 heavy (non-hydrogen) atoms. The maximum Gasteiger partial charge on any atom is 0.240 e. The fourth-order valence-electron chi connectivity index (χ4n) is 1.91. The molecule has 1 aromatic heterocycles. The molecule has 0 aliphatic rings. The van der Waals surface area contributed by atoms with Crippen LogP contribution in [0.2, 0.25) is 0 Å². The third-order valence-electron chi connectivity index (χ3n) is 2.72. The lowest BCUT2D eigenvalue weighted by Gasteiger charge is -2.16. The van der Waals surface area contributed by atoms with Gasteiger partial charge in [-0.05, 0) is 47.9 Å². The molecule has 0 spiro atoms. The van der Waals surface area contributed by atoms with E-state index in [4.69, 9.17) is 5.14 Å². The highest BCUT2D eigenvalue weighted by molar-refractivity contribution is 7.89. The van der Waals surface area contributed by atoms with Crippen molar-refractivity contribution in [2.45, 2.75) is 24.3 Å². The van der Waals surface area contributed by atoms with E-state index in [9.17, 15) is 8.42 Å². The van der Waals surface area contributed by atoms with Gasteiger partial charge in [-0.15, -0.1) is 0 Å². The predicted octanol–water partition coefficient (Wildman–Crippen LogP) is 2.44. The fourth-order valence-corrected chi connectivity index (χ4v) is 3.30. The number of rotatable bonds is 5. The molecule has 0 aliphatic carbocycles. The van der Waals surface area contributed by atoms with Gasteiger partial charge in [0, 0.05) is 6.04 Å². The van der Waals surface area contributed by atoms with Crippen LogP contribution in [0.3, 0.4) is 0 Å². The Hall–Kier alpha value is -1.37. The summed E-state index contributed by atoms with van der Waals surface area (Å²) in [4.78, 5) is 0.132. The minimum atomic E-state index is -3.70. The molecule has 2 rings (SSSR count). The lowest BCUT2D eigenvalue weighted by atomic mass is 10.1. The number of benzene rings is 1. The zero-order chi connectivity index (χ0) is 13.9. The molecule has 1 atom stereocenters. The average molecular weight is 296 g/mol. The number of thiophene rings is 1. The van der Waals surface area contributed by atoms with Gasteiger partial charge in [-0.2, -0.15) is 11.3 Å². The van der Waals surface area contributed by atoms with Crippen LogP contribution < -0.4 is 10.5 Å². The van der Waals surface area contributed by atoms with Gasteiger partial charge in [-0.3, -0.25) is 0 Å². The number of sulfonamides is 1. The van der Waals surface area contributed by atoms with Gasteiger partial charge in [0.1, 0.15) is 4.90 Å². The SMILES string of the molecule is CC(Cc1ccsc1)Nc1ccccc1S(N)(=O)=O. The highest BCUT2D eigenvalue weighted by Crippen LogP contribution is 2.21. The molecule has 1 aromatic carbocycles. The summed E-state index contributed by atoms with van der Waals surface area (Å²) >= 11 is 1.65. The zero-order valence-corrected chi connectivity index (χ0v) is 12.2. The topological polar surface area (TPSA) is 72.2 Å². The third-order valence-corrected chi connectivity index (χ3v) is 4.42. The summed E-state index contributed by atoms with van der Waals surface area (Å²) in [6, 6.07) is 8.87. The summed E-state index contributed by atoms with van der Waals surface area (Å²) in [5.74, 6) is 0. The van der Waals surface area contributed by atoms with Gasteiger partial charge in [-0.1, -0.05) is 12.1 Å². The van der Waals surface area contributed by atoms with E-state index in [1.807, 2.05) is 12.3 Å². The quantitative estimate of drug-likeness (QED) is 0.890. The summed E-state index contributed by atoms with van der Waals surface area (Å²) < 4.78 is 23.0. The smallest absolute Gasteiger partial charge is 0.240 e. The van der Waals surface area contributed by atoms with Crippen LogP contribution in [0, 0.1) is 0 Å². The first-order valence-electron chi connectivity index (χ1n) is 5.86. The first kappa shape index (κ1) is 14.0. The Labute approximate surface area is 117 Å². The lowest BCUT2D eigenvalue weighted by Crippen LogP contribution is -2.21. The third kappa shape index (κ3) is 3.79. The molecule has 3 N–H and O–H groups in total. The largest absolute Gasteiger partial charge is 0.381 e. The summed E-state index contributed by atoms with van der Waals surface area (Å²) in [5, 5.41) is 12.5. The summed E-state index contributed by atoms with van der Waals surface area (Å²) in [5.41, 5.74) is 1.78. The van der Waals surface area contributed by atoms with Crippen LogP contribution in [0.1, 0.15) is 12.5 Å². The van der Waals surface area contributed by atoms with Crippen LogP contribution in [0.5, 0.6) is 0 Å². The van der Waals surface area contributed by atoms with E-state index in [-0.39, 0.29) is 10.9 Å². The number of hydrogen-bond donors (Lipinski definition) is 2. The van der Waals surface area contributed by atoms with Crippen LogP contribution in [-0.4, -0.2) is 14.5 Å². The van der Waals surface area contributed by atoms with Gasteiger partial charge in [0.25, 0.3) is 0 Å². The monoisotopic (exact) mass is 296 g/mol. The molecular weight excluding hydrogens is 280 g/mol. The number of primary sulfonamides is 1. The predicted molar refractivity (Wildman–Crippen MR) is 78.9 cm³/mol. The first-order valence-corrected chi connectivity index (χ1v) is 8.35. The molecule has 0 saturated carbocycles. The molecule has 4 nitrogen and oxygen atoms in total. The highest BCUT2D eigenvalue weighted by Gasteiger charge is 2.14. The van der Waals surface area contributed by atoms with E-state index in [0.29, 0.717) is 5.69 Å². The van der Waals surface area contributed by atoms with Crippen molar-refractivity contribution in [1.82, 2.24) is 0 Å². The molecule has 1 unspecified atom stereocenters. The summed E-state index contributed by atoms with van der Waals surface area (Å²) in [7, 11) is -3.70. The Kier molecular flexibility index (Phi) is 4.24. The molecule has 0 bridgehead atoms. The maximum atomic E-state index is 11.5. The number of anilines is 1. The normalized spacial score (nSPS) is 13.2. The highest BCUT2D eigenvalue weighted by atomic mass is 32.2. The van der Waals surface area contributed by atoms with Crippen molar-refractivity contribution in [1.29, 1.82) is 0 Å². The van der Waals surface area contributed by atoms with Crippen LogP contribution >= 0.6 is 11.3 Å². The van der Waals surface area contributed by atoms with Gasteiger partial charge >= 0.3 is 0 Å². The van der Waals surface area contributed by atoms with Crippen LogP contribution in [0.15, 0.2) is 46.0 Å². The van der Waals surface area contributed by atoms with Crippen LogP contribution in [-0.2, 0) is 16.4 Å². The maximum absolute atomic E-state index is 11.5. The van der Waals surface area contributed by atoms with E-state index in [0.717, 1.165) is 6.42 Å². The van der Waals surface area contributed by atoms with Crippen LogP contribution in [0.4, 0.5) is 5.69 Å². The van der Waals surface area contributed by atoms with Crippen molar-refractivity contribution in [2.24, 2.45) is 5.14 Å². The lowest BCUT2D eigenvalue weighted by molar-refractivity contribution is 0.598. The molecule has 0 radical (unpaired) electrons. The van der Waals surface area contributed by atoms with Crippen molar-refractivity contribution in [3.8, 4) is 0 Å². The van der Waals surface area contributed by atoms with E-state index in [1.165, 1.54) is 11.6 Å². The molecule has 102 valence electrons. The standard InChI is InChI=1S/C13H16N2O2S2/c1-10(8-11-6-7-18-9-11)15-12-4-2-3-5-13(12)19(14,16)17/h2-7,9-10,15H,8H2,1H3,(H2,14,16,17). The van der Waals surface area contributed by atoms with Gasteiger partial charge < -0.3 is 5.32 Å². The zero-order valence-electron chi connectivity index (χ0n) is 10.5. The molecule has 6 heteroatoms. The summed E-state index contributed by atoms with van der Waals surface area (Å²) in [6.45, 7) is 2.01. The average Bonchev–Trinajstić information content (AvgIpc) is 2.81. The molecule has 0 fully saturated rings. The molecule has 0 aliphatic heterocycles. The van der Waals surface area contributed by atoms with E-state index >= 15 is 0 Å². The molecular formula is C13H16N2O2S2. The molecule has 2 aromatic rings. The van der Waals surface area contributed by atoms with Crippen molar-refractivity contribution >= 4 is 27.0 Å². The Bertz CT molecular complexity index is 636. The Morgan fingerprint density at radius 3 is 2.68 bits per heavy atom. The van der Waals surface area contributed by atoms with Gasteiger partial charge in [0.05, 0.1) is 5.69 Å². The number of para-hydroxylation sites is 1. The first-order chi connectivity index (χ1) is 8.97. The Balaban J connectivity index is 2.15. The molecule has 0 saturated heterocycles. The van der Waals surface area contributed by atoms with E-state index in [2.05, 4.69) is 16.8 Å². The number of hydrogen-bond acceptors (Lipinski definition) is 4. The van der Waals surface area contributed by atoms with Gasteiger partial charge in [0.15, 0.2) is 0 Å². The minimum Gasteiger partial charge on any atom is -0.381 e. The Morgan fingerprint density at radius 2 is 2.05 bits per heavy atom. The second-order valence-electron chi connectivity index (χ2n) is 4.42. The Morgan fingerprint density at radius 1 is 1.32 bits per heavy atom. The second kappa shape index (κ2) is 5.73. The van der Waals surface area contributed by atoms with Crippen LogP contribution in [0.25, 0.3) is 0 Å². The minimum absolute atomic E-state index is 0.123. The van der Waals surface area contributed by atoms with E-state index in [1.54, 1.807) is 29.5 Å². The van der Waals surface area contributed by atoms with Crippen molar-refractivity contribution < 1.29 is 8.42 Å². The fraction of sp³-hybridized carbons (Fsp3) is 0.231. The van der Waals surface area contributed by atoms with Crippen molar-refractivity contribution in [3.05, 3.63) is 46.7 Å². The molecule has 0 amide bonds. The summed E-state index contributed by atoms with van der Waals surface area (Å²) in [6.07, 6.45) is 0.836. The van der Waals surface area contributed by atoms with Crippen molar-refractivity contribution in [3.63, 3.8) is 0 Å². The molecule has 1 heterocycles. The van der Waals surface area contributed by atoms with Gasteiger partial charge in [0.2, 0.25) is 10.0 Å². The second-order valence-corrected chi connectivity index (χ2v) is 6.73.